The Morgan fingerprint density at radius 1 is 1.11 bits per heavy atom. The quantitative estimate of drug-likeness (QED) is 0.328. The van der Waals surface area contributed by atoms with Gasteiger partial charge < -0.3 is 20.0 Å². The predicted molar refractivity (Wildman–Crippen MR) is 153 cm³/mol. The van der Waals surface area contributed by atoms with Crippen LogP contribution in [0.15, 0.2) is 34.9 Å². The largest absolute Gasteiger partial charge is 0.439 e. The molecule has 0 radical (unpaired) electrons. The van der Waals surface area contributed by atoms with E-state index in [1.54, 1.807) is 17.8 Å². The highest BCUT2D eigenvalue weighted by molar-refractivity contribution is 6.42. The molecule has 2 aliphatic rings. The fourth-order valence-corrected chi connectivity index (χ4v) is 6.39. The van der Waals surface area contributed by atoms with E-state index in [1.165, 1.54) is 38.5 Å². The molecule has 5 rings (SSSR count). The normalized spacial score (nSPS) is 22.5. The first-order valence-electron chi connectivity index (χ1n) is 13.0. The van der Waals surface area contributed by atoms with Gasteiger partial charge in [-0.05, 0) is 74.6 Å². The third-order valence-electron chi connectivity index (χ3n) is 7.64. The maximum absolute atomic E-state index is 13.3. The van der Waals surface area contributed by atoms with Gasteiger partial charge in [0.1, 0.15) is 0 Å². The Kier molecular flexibility index (Phi) is 8.92. The Hall–Kier alpha value is -1.74. The zero-order chi connectivity index (χ0) is 26.8. The summed E-state index contributed by atoms with van der Waals surface area (Å²) in [5.41, 5.74) is 2.15. The molecular formula is C27H31Cl4N5O2. The Balaban J connectivity index is 1.32. The maximum atomic E-state index is 13.3. The molecule has 2 N–H and O–H groups in total. The number of nitrogens with zero attached hydrogens (tertiary/aromatic N) is 3. The number of aryl methyl sites for hydroxylation is 1. The third-order valence-corrected chi connectivity index (χ3v) is 8.94. The smallest absolute Gasteiger partial charge is 0.287 e. The summed E-state index contributed by atoms with van der Waals surface area (Å²) >= 11 is 25.2. The monoisotopic (exact) mass is 597 g/mol. The maximum Gasteiger partial charge on any atom is 0.287 e. The molecule has 0 unspecified atom stereocenters. The van der Waals surface area contributed by atoms with E-state index in [4.69, 9.17) is 50.8 Å². The number of furan rings is 1. The lowest BCUT2D eigenvalue weighted by molar-refractivity contribution is 0.0889. The molecule has 4 heterocycles. The fourth-order valence-electron chi connectivity index (χ4n) is 5.59. The van der Waals surface area contributed by atoms with Crippen LogP contribution < -0.4 is 10.6 Å². The molecule has 204 valence electrons. The zero-order valence-corrected chi connectivity index (χ0v) is 24.2. The summed E-state index contributed by atoms with van der Waals surface area (Å²) in [6.07, 6.45) is 7.34. The summed E-state index contributed by atoms with van der Waals surface area (Å²) in [7, 11) is 1.75. The van der Waals surface area contributed by atoms with Crippen LogP contribution in [0.25, 0.3) is 11.3 Å². The average Bonchev–Trinajstić information content (AvgIpc) is 3.46. The first-order chi connectivity index (χ1) is 18.3. The number of likely N-dealkylation sites (tertiary alicyclic amines) is 1. The van der Waals surface area contributed by atoms with Crippen LogP contribution in [0.4, 0.5) is 0 Å². The van der Waals surface area contributed by atoms with E-state index in [1.807, 2.05) is 18.2 Å². The minimum absolute atomic E-state index is 0.0535. The van der Waals surface area contributed by atoms with E-state index in [-0.39, 0.29) is 28.8 Å². The lowest BCUT2D eigenvalue weighted by Gasteiger charge is -2.39. The van der Waals surface area contributed by atoms with Gasteiger partial charge in [-0.25, -0.2) is 0 Å². The van der Waals surface area contributed by atoms with E-state index in [9.17, 15) is 4.79 Å². The molecule has 0 aliphatic carbocycles. The standard InChI is InChI=1S/C27H31Cl4N5O2/c1-35-25(22(30)14-33-35)19-13-24(38-26(19)31)27(37)34-23-15-32-17(7-10-36-8-3-2-4-9-36)12-18(23)16-5-6-20(28)21(29)11-16/h5-6,11,13-14,17-18,23,32H,2-4,7-10,12,15H2,1H3,(H,34,37)/t17-,18+,23-/m1/s1. The number of amides is 1. The van der Waals surface area contributed by atoms with Crippen LogP contribution in [-0.4, -0.2) is 58.9 Å². The van der Waals surface area contributed by atoms with Crippen molar-refractivity contribution in [3.63, 3.8) is 0 Å². The molecule has 11 heteroatoms. The summed E-state index contributed by atoms with van der Waals surface area (Å²) < 4.78 is 7.24. The van der Waals surface area contributed by atoms with E-state index in [0.717, 1.165) is 24.9 Å². The van der Waals surface area contributed by atoms with Gasteiger partial charge >= 0.3 is 0 Å². The lowest BCUT2D eigenvalue weighted by Crippen LogP contribution is -2.54. The molecule has 1 aromatic carbocycles. The number of aromatic nitrogens is 2. The van der Waals surface area contributed by atoms with Crippen molar-refractivity contribution in [2.75, 3.05) is 26.2 Å². The number of hydrogen-bond acceptors (Lipinski definition) is 5. The van der Waals surface area contributed by atoms with Crippen molar-refractivity contribution in [2.45, 2.75) is 50.1 Å². The molecule has 2 fully saturated rings. The molecule has 38 heavy (non-hydrogen) atoms. The van der Waals surface area contributed by atoms with Gasteiger partial charge in [-0.2, -0.15) is 5.10 Å². The molecule has 2 aliphatic heterocycles. The highest BCUT2D eigenvalue weighted by atomic mass is 35.5. The van der Waals surface area contributed by atoms with Gasteiger partial charge in [-0.1, -0.05) is 47.3 Å². The van der Waals surface area contributed by atoms with Crippen molar-refractivity contribution < 1.29 is 9.21 Å². The van der Waals surface area contributed by atoms with E-state index < -0.39 is 0 Å². The van der Waals surface area contributed by atoms with Crippen LogP contribution in [0.1, 0.15) is 54.1 Å². The van der Waals surface area contributed by atoms with Crippen molar-refractivity contribution in [1.82, 2.24) is 25.3 Å². The van der Waals surface area contributed by atoms with Gasteiger partial charge in [0.05, 0.1) is 32.5 Å². The number of hydrogen-bond donors (Lipinski definition) is 2. The SMILES string of the molecule is Cn1ncc(Cl)c1-c1cc(C(=O)N[C@@H]2CN[C@H](CCN3CCCCC3)C[C@H]2c2ccc(Cl)c(Cl)c2)oc1Cl. The Morgan fingerprint density at radius 2 is 1.89 bits per heavy atom. The highest BCUT2D eigenvalue weighted by Gasteiger charge is 2.34. The van der Waals surface area contributed by atoms with Crippen molar-refractivity contribution in [1.29, 1.82) is 0 Å². The molecule has 0 bridgehead atoms. The number of benzene rings is 1. The molecular weight excluding hydrogens is 568 g/mol. The van der Waals surface area contributed by atoms with Crippen molar-refractivity contribution >= 4 is 52.3 Å². The molecule has 1 amide bonds. The average molecular weight is 599 g/mol. The van der Waals surface area contributed by atoms with E-state index in [0.29, 0.717) is 38.9 Å². The molecule has 3 aromatic rings. The van der Waals surface area contributed by atoms with Crippen LogP contribution in [0, 0.1) is 0 Å². The second kappa shape index (κ2) is 12.2. The fraction of sp³-hybridized carbons (Fsp3) is 0.481. The topological polar surface area (TPSA) is 75.3 Å². The lowest BCUT2D eigenvalue weighted by atomic mass is 9.81. The minimum Gasteiger partial charge on any atom is -0.439 e. The van der Waals surface area contributed by atoms with Crippen LogP contribution in [0.5, 0.6) is 0 Å². The summed E-state index contributed by atoms with van der Waals surface area (Å²) in [6, 6.07) is 7.48. The van der Waals surface area contributed by atoms with Gasteiger partial charge in [0.2, 0.25) is 5.22 Å². The molecule has 2 aromatic heterocycles. The Morgan fingerprint density at radius 3 is 2.61 bits per heavy atom. The van der Waals surface area contributed by atoms with Crippen LogP contribution in [0.3, 0.4) is 0 Å². The highest BCUT2D eigenvalue weighted by Crippen LogP contribution is 2.36. The minimum atomic E-state index is -0.347. The van der Waals surface area contributed by atoms with E-state index >= 15 is 0 Å². The van der Waals surface area contributed by atoms with Gasteiger partial charge in [0.25, 0.3) is 5.91 Å². The summed E-state index contributed by atoms with van der Waals surface area (Å²) in [4.78, 5) is 15.9. The molecule has 0 spiro atoms. The number of rotatable bonds is 7. The number of nitrogens with one attached hydrogen (secondary N) is 2. The predicted octanol–water partition coefficient (Wildman–Crippen LogP) is 6.41. The molecule has 0 saturated carbocycles. The summed E-state index contributed by atoms with van der Waals surface area (Å²) in [5, 5.41) is 12.5. The van der Waals surface area contributed by atoms with E-state index in [2.05, 4.69) is 20.6 Å². The van der Waals surface area contributed by atoms with Crippen molar-refractivity contribution in [3.8, 4) is 11.3 Å². The Bertz CT molecular complexity index is 1270. The number of piperidine rings is 2. The number of carbonyl (C=O) groups is 1. The van der Waals surface area contributed by atoms with Crippen LogP contribution >= 0.6 is 46.4 Å². The zero-order valence-electron chi connectivity index (χ0n) is 21.2. The summed E-state index contributed by atoms with van der Waals surface area (Å²) in [6.45, 7) is 4.06. The number of carbonyl (C=O) groups excluding carboxylic acids is 1. The van der Waals surface area contributed by atoms with Crippen molar-refractivity contribution in [3.05, 3.63) is 62.1 Å². The molecule has 7 nitrogen and oxygen atoms in total. The summed E-state index contributed by atoms with van der Waals surface area (Å²) in [5.74, 6) is -0.180. The van der Waals surface area contributed by atoms with Gasteiger partial charge in [-0.15, -0.1) is 0 Å². The van der Waals surface area contributed by atoms with Gasteiger partial charge in [0, 0.05) is 37.7 Å². The van der Waals surface area contributed by atoms with Crippen LogP contribution in [0.2, 0.25) is 20.3 Å². The number of halogens is 4. The van der Waals surface area contributed by atoms with Crippen molar-refractivity contribution in [2.24, 2.45) is 7.05 Å². The Labute approximate surface area is 242 Å². The van der Waals surface area contributed by atoms with Gasteiger partial charge in [0.15, 0.2) is 5.76 Å². The first-order valence-corrected chi connectivity index (χ1v) is 14.5. The second-order valence-corrected chi connectivity index (χ2v) is 11.7. The first kappa shape index (κ1) is 27.8. The second-order valence-electron chi connectivity index (χ2n) is 10.2. The molecule has 3 atom stereocenters. The third kappa shape index (κ3) is 6.19. The van der Waals surface area contributed by atoms with Gasteiger partial charge in [-0.3, -0.25) is 9.48 Å². The van der Waals surface area contributed by atoms with Crippen LogP contribution in [-0.2, 0) is 7.05 Å². The molecule has 2 saturated heterocycles.